The molecule has 1 rings (SSSR count). The Balaban J connectivity index is 2.87. The van der Waals surface area contributed by atoms with Crippen LogP contribution in [-0.2, 0) is 9.59 Å². The number of imide groups is 1. The predicted molar refractivity (Wildman–Crippen MR) is 39.5 cm³/mol. The van der Waals surface area contributed by atoms with Crippen LogP contribution in [0.2, 0.25) is 0 Å². The van der Waals surface area contributed by atoms with Gasteiger partial charge in [0.25, 0.3) is 11.8 Å². The van der Waals surface area contributed by atoms with E-state index in [0.29, 0.717) is 5.57 Å². The summed E-state index contributed by atoms with van der Waals surface area (Å²) in [5, 5.41) is 0. The lowest BCUT2D eigenvalue weighted by atomic mass is 10.3. The van der Waals surface area contributed by atoms with Crippen LogP contribution in [0.3, 0.4) is 0 Å². The Hall–Kier alpha value is -0.770. The second kappa shape index (κ2) is 2.46. The van der Waals surface area contributed by atoms with E-state index in [-0.39, 0.29) is 17.7 Å². The molecule has 0 radical (unpaired) electrons. The minimum Gasteiger partial charge on any atom is -0.269 e. The van der Waals surface area contributed by atoms with Gasteiger partial charge in [0, 0.05) is 11.6 Å². The van der Waals surface area contributed by atoms with Crippen molar-refractivity contribution in [2.75, 3.05) is 5.88 Å². The molecule has 54 valence electrons. The Morgan fingerprint density at radius 2 is 2.20 bits per heavy atom. The molecule has 2 amide bonds. The molecule has 3 nitrogen and oxygen atoms in total. The van der Waals surface area contributed by atoms with E-state index in [1.165, 1.54) is 6.08 Å². The van der Waals surface area contributed by atoms with E-state index < -0.39 is 0 Å². The van der Waals surface area contributed by atoms with Gasteiger partial charge in [0.1, 0.15) is 0 Å². The summed E-state index contributed by atoms with van der Waals surface area (Å²) in [6.45, 7) is 1.61. The molecule has 4 heteroatoms. The summed E-state index contributed by atoms with van der Waals surface area (Å²) in [5.74, 6) is -0.344. The first-order valence-electron chi connectivity index (χ1n) is 2.82. The van der Waals surface area contributed by atoms with Crippen molar-refractivity contribution in [3.8, 4) is 0 Å². The highest BCUT2D eigenvalue weighted by Crippen LogP contribution is 2.11. The monoisotopic (exact) mass is 157 g/mol. The van der Waals surface area contributed by atoms with E-state index in [1.807, 2.05) is 0 Å². The lowest BCUT2D eigenvalue weighted by molar-refractivity contribution is -0.135. The maximum atomic E-state index is 10.9. The topological polar surface area (TPSA) is 37.4 Å². The Labute approximate surface area is 64.1 Å². The Kier molecular flexibility index (Phi) is 1.80. The zero-order chi connectivity index (χ0) is 7.72. The van der Waals surface area contributed by atoms with Gasteiger partial charge in [-0.25, -0.2) is 0 Å². The van der Waals surface area contributed by atoms with Crippen LogP contribution in [0.15, 0.2) is 11.6 Å². The maximum Gasteiger partial charge on any atom is 0.257 e. The van der Waals surface area contributed by atoms with Crippen molar-refractivity contribution < 1.29 is 9.59 Å². The van der Waals surface area contributed by atoms with E-state index in [2.05, 4.69) is 12.6 Å². The van der Waals surface area contributed by atoms with Crippen molar-refractivity contribution in [2.45, 2.75) is 6.92 Å². The summed E-state index contributed by atoms with van der Waals surface area (Å²) in [5.41, 5.74) is 0.485. The van der Waals surface area contributed by atoms with Crippen molar-refractivity contribution >= 4 is 24.4 Å². The van der Waals surface area contributed by atoms with Gasteiger partial charge >= 0.3 is 0 Å². The lowest BCUT2D eigenvalue weighted by Crippen LogP contribution is -2.29. The first-order chi connectivity index (χ1) is 4.66. The summed E-state index contributed by atoms with van der Waals surface area (Å²) >= 11 is 3.83. The van der Waals surface area contributed by atoms with E-state index in [1.54, 1.807) is 6.92 Å². The van der Waals surface area contributed by atoms with E-state index >= 15 is 0 Å². The summed E-state index contributed by atoms with van der Waals surface area (Å²) in [6, 6.07) is 0. The smallest absolute Gasteiger partial charge is 0.257 e. The molecule has 0 saturated heterocycles. The molecule has 0 bridgehead atoms. The number of rotatable bonds is 1. The van der Waals surface area contributed by atoms with Gasteiger partial charge in [-0.05, 0) is 6.92 Å². The average Bonchev–Trinajstić information content (AvgIpc) is 2.09. The second-order valence-corrected chi connectivity index (χ2v) is 2.32. The first-order valence-corrected chi connectivity index (χ1v) is 3.45. The van der Waals surface area contributed by atoms with Gasteiger partial charge in [-0.15, -0.1) is 0 Å². The van der Waals surface area contributed by atoms with Gasteiger partial charge in [-0.1, -0.05) is 0 Å². The molecule has 0 fully saturated rings. The van der Waals surface area contributed by atoms with Gasteiger partial charge in [0.15, 0.2) is 0 Å². The van der Waals surface area contributed by atoms with Gasteiger partial charge in [0.2, 0.25) is 0 Å². The third-order valence-electron chi connectivity index (χ3n) is 1.33. The Morgan fingerprint density at radius 3 is 2.40 bits per heavy atom. The number of carbonyl (C=O) groups is 2. The van der Waals surface area contributed by atoms with E-state index in [4.69, 9.17) is 0 Å². The molecule has 0 unspecified atom stereocenters. The minimum absolute atomic E-state index is 0.158. The second-order valence-electron chi connectivity index (χ2n) is 2.04. The number of amides is 2. The van der Waals surface area contributed by atoms with Crippen molar-refractivity contribution in [3.05, 3.63) is 11.6 Å². The number of carbonyl (C=O) groups excluding carboxylic acids is 2. The van der Waals surface area contributed by atoms with Gasteiger partial charge < -0.3 is 0 Å². The number of thiol groups is 1. The molecule has 0 aliphatic carbocycles. The quantitative estimate of drug-likeness (QED) is 0.436. The molecule has 10 heavy (non-hydrogen) atoms. The lowest BCUT2D eigenvalue weighted by Gasteiger charge is -2.08. The Bertz CT molecular complexity index is 222. The highest BCUT2D eigenvalue weighted by atomic mass is 32.1. The average molecular weight is 157 g/mol. The first kappa shape index (κ1) is 7.34. The highest BCUT2D eigenvalue weighted by Gasteiger charge is 2.26. The van der Waals surface area contributed by atoms with Crippen LogP contribution < -0.4 is 0 Å². The molecule has 0 aromatic heterocycles. The standard InChI is InChI=1S/C6H7NO2S/c1-4-2-5(8)7(3-10)6(4)9/h2,10H,3H2,1H3. The van der Waals surface area contributed by atoms with Gasteiger partial charge in [-0.3, -0.25) is 14.5 Å². The van der Waals surface area contributed by atoms with Crippen molar-refractivity contribution in [2.24, 2.45) is 0 Å². The molecule has 0 saturated carbocycles. The van der Waals surface area contributed by atoms with E-state index in [9.17, 15) is 9.59 Å². The largest absolute Gasteiger partial charge is 0.269 e. The zero-order valence-corrected chi connectivity index (χ0v) is 6.39. The number of hydrogen-bond acceptors (Lipinski definition) is 3. The Morgan fingerprint density at radius 1 is 1.60 bits per heavy atom. The predicted octanol–water partition coefficient (Wildman–Crippen LogP) is 0.189. The van der Waals surface area contributed by atoms with Crippen molar-refractivity contribution in [3.63, 3.8) is 0 Å². The summed E-state index contributed by atoms with van der Waals surface area (Å²) < 4.78 is 0. The summed E-state index contributed by atoms with van der Waals surface area (Å²) in [7, 11) is 0. The van der Waals surface area contributed by atoms with Crippen LogP contribution in [0, 0.1) is 0 Å². The summed E-state index contributed by atoms with van der Waals surface area (Å²) in [6.07, 6.45) is 1.32. The molecule has 0 atom stereocenters. The molecule has 0 spiro atoms. The SMILES string of the molecule is CC1=CC(=O)N(CS)C1=O. The molecule has 1 aliphatic heterocycles. The fraction of sp³-hybridized carbons (Fsp3) is 0.333. The molecule has 1 aliphatic rings. The molecular formula is C6H7NO2S. The third kappa shape index (κ3) is 0.945. The van der Waals surface area contributed by atoms with Crippen LogP contribution >= 0.6 is 12.6 Å². The van der Waals surface area contributed by atoms with Crippen LogP contribution in [0.1, 0.15) is 6.92 Å². The molecule has 1 heterocycles. The molecule has 0 N–H and O–H groups in total. The minimum atomic E-state index is -0.266. The number of nitrogens with zero attached hydrogens (tertiary/aromatic N) is 1. The zero-order valence-electron chi connectivity index (χ0n) is 5.50. The fourth-order valence-electron chi connectivity index (χ4n) is 0.772. The highest BCUT2D eigenvalue weighted by molar-refractivity contribution is 7.80. The fourth-order valence-corrected chi connectivity index (χ4v) is 1.04. The third-order valence-corrected chi connectivity index (χ3v) is 1.61. The van der Waals surface area contributed by atoms with Crippen molar-refractivity contribution in [1.82, 2.24) is 4.90 Å². The van der Waals surface area contributed by atoms with Crippen LogP contribution in [0.5, 0.6) is 0 Å². The van der Waals surface area contributed by atoms with Crippen LogP contribution in [-0.4, -0.2) is 22.6 Å². The molecule has 0 aromatic rings. The van der Waals surface area contributed by atoms with Gasteiger partial charge in [0.05, 0.1) is 5.88 Å². The number of hydrogen-bond donors (Lipinski definition) is 1. The normalized spacial score (nSPS) is 18.2. The maximum absolute atomic E-state index is 10.9. The van der Waals surface area contributed by atoms with Crippen LogP contribution in [0.25, 0.3) is 0 Å². The molecular weight excluding hydrogens is 150 g/mol. The van der Waals surface area contributed by atoms with Crippen molar-refractivity contribution in [1.29, 1.82) is 0 Å². The van der Waals surface area contributed by atoms with E-state index in [0.717, 1.165) is 4.90 Å². The summed E-state index contributed by atoms with van der Waals surface area (Å²) in [4.78, 5) is 22.8. The molecule has 0 aromatic carbocycles. The van der Waals surface area contributed by atoms with Crippen LogP contribution in [0.4, 0.5) is 0 Å². The van der Waals surface area contributed by atoms with Gasteiger partial charge in [-0.2, -0.15) is 12.6 Å².